The molecular formula is C23H25Cl2NO3. The summed E-state index contributed by atoms with van der Waals surface area (Å²) in [5.74, 6) is -0.959. The van der Waals surface area contributed by atoms with E-state index in [0.717, 1.165) is 42.6 Å². The zero-order valence-corrected chi connectivity index (χ0v) is 17.7. The number of rotatable bonds is 8. The third-order valence-corrected chi connectivity index (χ3v) is 5.63. The first kappa shape index (κ1) is 21.8. The molecule has 1 heterocycles. The Morgan fingerprint density at radius 1 is 1.07 bits per heavy atom. The van der Waals surface area contributed by atoms with E-state index in [4.69, 9.17) is 27.9 Å². The number of carboxylic acid groups (broad SMARTS) is 1. The second-order valence-electron chi connectivity index (χ2n) is 7.18. The van der Waals surface area contributed by atoms with Crippen LogP contribution in [0.5, 0.6) is 0 Å². The number of carbonyl (C=O) groups is 1. The number of likely N-dealkylation sites (tertiary alicyclic amines) is 1. The van der Waals surface area contributed by atoms with E-state index >= 15 is 0 Å². The number of carboxylic acids is 1. The van der Waals surface area contributed by atoms with Crippen LogP contribution in [0.4, 0.5) is 0 Å². The van der Waals surface area contributed by atoms with Crippen LogP contribution in [0.25, 0.3) is 5.57 Å². The largest absolute Gasteiger partial charge is 0.481 e. The highest BCUT2D eigenvalue weighted by Crippen LogP contribution is 2.26. The van der Waals surface area contributed by atoms with Crippen LogP contribution in [-0.2, 0) is 9.53 Å². The summed E-state index contributed by atoms with van der Waals surface area (Å²) >= 11 is 12.1. The Morgan fingerprint density at radius 2 is 1.66 bits per heavy atom. The van der Waals surface area contributed by atoms with E-state index < -0.39 is 5.97 Å². The lowest BCUT2D eigenvalue weighted by Gasteiger charge is -2.30. The lowest BCUT2D eigenvalue weighted by molar-refractivity contribution is -0.143. The highest BCUT2D eigenvalue weighted by Gasteiger charge is 2.24. The molecule has 4 nitrogen and oxygen atoms in total. The lowest BCUT2D eigenvalue weighted by atomic mass is 9.98. The molecule has 3 rings (SSSR count). The highest BCUT2D eigenvalue weighted by atomic mass is 35.5. The van der Waals surface area contributed by atoms with Crippen LogP contribution in [0, 0.1) is 5.92 Å². The van der Waals surface area contributed by atoms with Crippen molar-refractivity contribution >= 4 is 34.7 Å². The third-order valence-electron chi connectivity index (χ3n) is 5.12. The molecule has 0 spiro atoms. The Labute approximate surface area is 181 Å². The lowest BCUT2D eigenvalue weighted by Crippen LogP contribution is -2.40. The normalized spacial score (nSPS) is 17.1. The summed E-state index contributed by atoms with van der Waals surface area (Å²) in [6.07, 6.45) is 3.75. The molecular weight excluding hydrogens is 409 g/mol. The summed E-state index contributed by atoms with van der Waals surface area (Å²) in [4.78, 5) is 13.4. The molecule has 1 N–H and O–H groups in total. The molecule has 0 saturated carbocycles. The van der Waals surface area contributed by atoms with Crippen molar-refractivity contribution in [3.8, 4) is 0 Å². The van der Waals surface area contributed by atoms with Crippen LogP contribution < -0.4 is 0 Å². The molecule has 0 bridgehead atoms. The van der Waals surface area contributed by atoms with Crippen LogP contribution in [0.3, 0.4) is 0 Å². The zero-order valence-electron chi connectivity index (χ0n) is 16.2. The summed E-state index contributed by atoms with van der Waals surface area (Å²) in [6.45, 7) is 3.32. The van der Waals surface area contributed by atoms with Gasteiger partial charge in [0.15, 0.2) is 0 Å². The monoisotopic (exact) mass is 433 g/mol. The van der Waals surface area contributed by atoms with Crippen molar-refractivity contribution in [2.75, 3.05) is 32.8 Å². The van der Waals surface area contributed by atoms with Gasteiger partial charge in [0.2, 0.25) is 0 Å². The Balaban J connectivity index is 1.59. The van der Waals surface area contributed by atoms with E-state index in [2.05, 4.69) is 11.0 Å². The van der Waals surface area contributed by atoms with Crippen LogP contribution in [0.2, 0.25) is 10.0 Å². The minimum atomic E-state index is -0.700. The van der Waals surface area contributed by atoms with Crippen LogP contribution in [0.15, 0.2) is 54.6 Å². The second-order valence-corrected chi connectivity index (χ2v) is 8.06. The van der Waals surface area contributed by atoms with Gasteiger partial charge >= 0.3 is 5.97 Å². The number of hydrogen-bond acceptors (Lipinski definition) is 3. The van der Waals surface area contributed by atoms with Crippen molar-refractivity contribution < 1.29 is 14.6 Å². The van der Waals surface area contributed by atoms with Crippen molar-refractivity contribution in [3.05, 3.63) is 75.8 Å². The molecule has 2 aromatic rings. The van der Waals surface area contributed by atoms with Gasteiger partial charge < -0.3 is 14.7 Å². The molecule has 154 valence electrons. The van der Waals surface area contributed by atoms with Gasteiger partial charge in [-0.2, -0.15) is 0 Å². The minimum Gasteiger partial charge on any atom is -0.481 e. The smallest absolute Gasteiger partial charge is 0.307 e. The van der Waals surface area contributed by atoms with Crippen molar-refractivity contribution in [1.29, 1.82) is 0 Å². The zero-order chi connectivity index (χ0) is 20.6. The average Bonchev–Trinajstić information content (AvgIpc) is 2.73. The third kappa shape index (κ3) is 6.58. The van der Waals surface area contributed by atoms with Gasteiger partial charge in [-0.3, -0.25) is 4.79 Å². The van der Waals surface area contributed by atoms with Gasteiger partial charge in [0.1, 0.15) is 0 Å². The summed E-state index contributed by atoms with van der Waals surface area (Å²) < 4.78 is 5.84. The quantitative estimate of drug-likeness (QED) is 0.578. The van der Waals surface area contributed by atoms with Gasteiger partial charge in [0, 0.05) is 23.1 Å². The first-order chi connectivity index (χ1) is 14.0. The van der Waals surface area contributed by atoms with Crippen molar-refractivity contribution in [2.45, 2.75) is 12.8 Å². The van der Waals surface area contributed by atoms with Gasteiger partial charge in [-0.1, -0.05) is 53.5 Å². The Bertz CT molecular complexity index is 787. The molecule has 0 radical (unpaired) electrons. The fourth-order valence-corrected chi connectivity index (χ4v) is 3.79. The van der Waals surface area contributed by atoms with E-state index in [1.165, 1.54) is 0 Å². The topological polar surface area (TPSA) is 49.8 Å². The van der Waals surface area contributed by atoms with E-state index in [-0.39, 0.29) is 5.92 Å². The molecule has 1 aliphatic rings. The first-order valence-electron chi connectivity index (χ1n) is 9.78. The summed E-state index contributed by atoms with van der Waals surface area (Å²) in [5.41, 5.74) is 3.17. The SMILES string of the molecule is O=C(O)[C@@H]1CCCN(CCOCC=C(c2ccc(Cl)cc2)c2ccc(Cl)cc2)C1. The van der Waals surface area contributed by atoms with E-state index in [1.54, 1.807) is 0 Å². The number of piperidine rings is 1. The number of hydrogen-bond donors (Lipinski definition) is 1. The number of halogens is 2. The van der Waals surface area contributed by atoms with Gasteiger partial charge in [-0.15, -0.1) is 0 Å². The second kappa shape index (κ2) is 10.8. The maximum absolute atomic E-state index is 11.2. The Kier molecular flexibility index (Phi) is 8.13. The number of ether oxygens (including phenoxy) is 1. The molecule has 0 amide bonds. The molecule has 0 unspecified atom stereocenters. The molecule has 1 fully saturated rings. The predicted molar refractivity (Wildman–Crippen MR) is 118 cm³/mol. The van der Waals surface area contributed by atoms with Gasteiger partial charge in [0.05, 0.1) is 19.1 Å². The van der Waals surface area contributed by atoms with Gasteiger partial charge in [-0.25, -0.2) is 0 Å². The average molecular weight is 434 g/mol. The maximum Gasteiger partial charge on any atom is 0.307 e. The molecule has 0 aliphatic carbocycles. The number of nitrogens with zero attached hydrogens (tertiary/aromatic N) is 1. The molecule has 0 aromatic heterocycles. The molecule has 1 aliphatic heterocycles. The molecule has 2 aromatic carbocycles. The summed E-state index contributed by atoms with van der Waals surface area (Å²) in [7, 11) is 0. The molecule has 1 saturated heterocycles. The summed E-state index contributed by atoms with van der Waals surface area (Å²) in [5, 5.41) is 10.6. The molecule has 1 atom stereocenters. The van der Waals surface area contributed by atoms with Crippen molar-refractivity contribution in [2.24, 2.45) is 5.92 Å². The van der Waals surface area contributed by atoms with Gasteiger partial charge in [-0.05, 0) is 60.4 Å². The van der Waals surface area contributed by atoms with E-state index in [1.807, 2.05) is 48.5 Å². The minimum absolute atomic E-state index is 0.259. The van der Waals surface area contributed by atoms with Crippen molar-refractivity contribution in [1.82, 2.24) is 4.90 Å². The van der Waals surface area contributed by atoms with E-state index in [0.29, 0.717) is 29.8 Å². The maximum atomic E-state index is 11.2. The fraction of sp³-hybridized carbons (Fsp3) is 0.348. The number of benzene rings is 2. The van der Waals surface area contributed by atoms with Crippen molar-refractivity contribution in [3.63, 3.8) is 0 Å². The van der Waals surface area contributed by atoms with Crippen LogP contribution in [0.1, 0.15) is 24.0 Å². The van der Waals surface area contributed by atoms with Crippen LogP contribution in [-0.4, -0.2) is 48.8 Å². The first-order valence-corrected chi connectivity index (χ1v) is 10.5. The van der Waals surface area contributed by atoms with Gasteiger partial charge in [0.25, 0.3) is 0 Å². The fourth-order valence-electron chi connectivity index (χ4n) is 3.54. The summed E-state index contributed by atoms with van der Waals surface area (Å²) in [6, 6.07) is 15.4. The highest BCUT2D eigenvalue weighted by molar-refractivity contribution is 6.31. The Hall–Kier alpha value is -1.85. The number of aliphatic carboxylic acids is 1. The molecule has 6 heteroatoms. The predicted octanol–water partition coefficient (Wildman–Crippen LogP) is 5.24. The standard InChI is InChI=1S/C23H25Cl2NO3/c24-20-7-3-17(4-8-20)22(18-5-9-21(25)10-6-18)11-14-29-15-13-26-12-1-2-19(16-26)23(27)28/h3-11,19H,1-2,12-16H2,(H,27,28)/t19-/m1/s1. The van der Waals surface area contributed by atoms with Crippen LogP contribution >= 0.6 is 23.2 Å². The Morgan fingerprint density at radius 3 is 2.21 bits per heavy atom. The molecule has 29 heavy (non-hydrogen) atoms. The van der Waals surface area contributed by atoms with E-state index in [9.17, 15) is 9.90 Å².